The van der Waals surface area contributed by atoms with E-state index >= 15 is 0 Å². The lowest BCUT2D eigenvalue weighted by Gasteiger charge is -2.28. The van der Waals surface area contributed by atoms with Crippen LogP contribution in [-0.4, -0.2) is 53.1 Å². The van der Waals surface area contributed by atoms with Gasteiger partial charge >= 0.3 is 12.0 Å². The Morgan fingerprint density at radius 2 is 2.16 bits per heavy atom. The number of hydrogen-bond donors (Lipinski definition) is 3. The van der Waals surface area contributed by atoms with Gasteiger partial charge in [0.15, 0.2) is 0 Å². The first-order valence-electron chi connectivity index (χ1n) is 6.55. The maximum Gasteiger partial charge on any atom is 0.326 e. The monoisotopic (exact) mass is 269 g/mol. The van der Waals surface area contributed by atoms with E-state index in [-0.39, 0.29) is 23.9 Å². The summed E-state index contributed by atoms with van der Waals surface area (Å²) < 4.78 is 0. The van der Waals surface area contributed by atoms with Gasteiger partial charge in [-0.2, -0.15) is 0 Å². The zero-order valence-corrected chi connectivity index (χ0v) is 10.9. The van der Waals surface area contributed by atoms with Crippen LogP contribution >= 0.6 is 0 Å². The summed E-state index contributed by atoms with van der Waals surface area (Å²) in [4.78, 5) is 35.7. The van der Waals surface area contributed by atoms with Crippen molar-refractivity contribution in [3.63, 3.8) is 0 Å². The molecule has 2 heterocycles. The van der Waals surface area contributed by atoms with Crippen LogP contribution in [-0.2, 0) is 9.59 Å². The highest BCUT2D eigenvalue weighted by atomic mass is 16.4. The molecular formula is C12H19N3O4. The summed E-state index contributed by atoms with van der Waals surface area (Å²) in [6.45, 7) is 2.71. The predicted octanol–water partition coefficient (Wildman–Crippen LogP) is -0.230. The molecule has 106 valence electrons. The summed E-state index contributed by atoms with van der Waals surface area (Å²) >= 11 is 0. The molecule has 7 nitrogen and oxygen atoms in total. The van der Waals surface area contributed by atoms with Crippen LogP contribution in [0.25, 0.3) is 0 Å². The third kappa shape index (κ3) is 2.97. The van der Waals surface area contributed by atoms with Crippen LogP contribution in [0.3, 0.4) is 0 Å². The number of nitrogens with zero attached hydrogens (tertiary/aromatic N) is 1. The number of carboxylic acids is 1. The molecule has 3 unspecified atom stereocenters. The average Bonchev–Trinajstić information content (AvgIpc) is 2.74. The molecule has 2 rings (SSSR count). The SMILES string of the molecule is CC1CCN(C(=O)NC2CCC(=O)NC2)C1C(=O)O. The van der Waals surface area contributed by atoms with Crippen molar-refractivity contribution in [2.75, 3.05) is 13.1 Å². The second-order valence-electron chi connectivity index (χ2n) is 5.23. The molecule has 0 aromatic carbocycles. The maximum atomic E-state index is 12.1. The normalized spacial score (nSPS) is 30.9. The van der Waals surface area contributed by atoms with E-state index in [4.69, 9.17) is 5.11 Å². The second kappa shape index (κ2) is 5.46. The maximum absolute atomic E-state index is 12.1. The minimum atomic E-state index is -0.961. The van der Waals surface area contributed by atoms with E-state index in [1.807, 2.05) is 6.92 Å². The molecule has 0 saturated carbocycles. The molecule has 2 aliphatic rings. The molecule has 0 aromatic heterocycles. The number of likely N-dealkylation sites (tertiary alicyclic amines) is 1. The van der Waals surface area contributed by atoms with Gasteiger partial charge in [-0.1, -0.05) is 6.92 Å². The van der Waals surface area contributed by atoms with Crippen LogP contribution in [0.2, 0.25) is 0 Å². The van der Waals surface area contributed by atoms with Gasteiger partial charge in [0.1, 0.15) is 6.04 Å². The quantitative estimate of drug-likeness (QED) is 0.645. The van der Waals surface area contributed by atoms with Gasteiger partial charge in [0.2, 0.25) is 5.91 Å². The van der Waals surface area contributed by atoms with E-state index in [1.54, 1.807) is 0 Å². The lowest BCUT2D eigenvalue weighted by atomic mass is 10.0. The first-order chi connectivity index (χ1) is 8.99. The highest BCUT2D eigenvalue weighted by Crippen LogP contribution is 2.24. The molecule has 2 aliphatic heterocycles. The van der Waals surface area contributed by atoms with Crippen molar-refractivity contribution in [2.24, 2.45) is 5.92 Å². The molecule has 0 spiro atoms. The van der Waals surface area contributed by atoms with Crippen molar-refractivity contribution in [1.29, 1.82) is 0 Å². The van der Waals surface area contributed by atoms with E-state index in [0.717, 1.165) is 0 Å². The molecule has 3 N–H and O–H groups in total. The Morgan fingerprint density at radius 1 is 1.42 bits per heavy atom. The Bertz CT molecular complexity index is 388. The van der Waals surface area contributed by atoms with Gasteiger partial charge in [0.25, 0.3) is 0 Å². The van der Waals surface area contributed by atoms with Gasteiger partial charge in [0.05, 0.1) is 0 Å². The fourth-order valence-corrected chi connectivity index (χ4v) is 2.66. The Kier molecular flexibility index (Phi) is 3.92. The van der Waals surface area contributed by atoms with Crippen molar-refractivity contribution in [3.8, 4) is 0 Å². The first kappa shape index (κ1) is 13.6. The number of urea groups is 1. The largest absolute Gasteiger partial charge is 0.480 e. The lowest BCUT2D eigenvalue weighted by molar-refractivity contribution is -0.142. The average molecular weight is 269 g/mol. The fourth-order valence-electron chi connectivity index (χ4n) is 2.66. The Morgan fingerprint density at radius 3 is 2.74 bits per heavy atom. The smallest absolute Gasteiger partial charge is 0.326 e. The molecule has 2 saturated heterocycles. The summed E-state index contributed by atoms with van der Waals surface area (Å²) in [5.41, 5.74) is 0. The van der Waals surface area contributed by atoms with E-state index in [0.29, 0.717) is 32.4 Å². The number of piperidine rings is 1. The molecule has 0 aromatic rings. The van der Waals surface area contributed by atoms with Crippen molar-refractivity contribution in [2.45, 2.75) is 38.3 Å². The first-order valence-corrected chi connectivity index (χ1v) is 6.55. The van der Waals surface area contributed by atoms with Crippen LogP contribution in [0, 0.1) is 5.92 Å². The summed E-state index contributed by atoms with van der Waals surface area (Å²) in [5, 5.41) is 14.6. The van der Waals surface area contributed by atoms with E-state index in [1.165, 1.54) is 4.90 Å². The number of carbonyl (C=O) groups is 3. The standard InChI is InChI=1S/C12H19N3O4/c1-7-4-5-15(10(7)11(17)18)12(19)14-8-2-3-9(16)13-6-8/h7-8,10H,2-6H2,1H3,(H,13,16)(H,14,19)(H,17,18). The molecule has 7 heteroatoms. The van der Waals surface area contributed by atoms with Crippen LogP contribution < -0.4 is 10.6 Å². The van der Waals surface area contributed by atoms with Gasteiger partial charge in [-0.15, -0.1) is 0 Å². The van der Waals surface area contributed by atoms with Crippen LogP contribution in [0.4, 0.5) is 4.79 Å². The van der Waals surface area contributed by atoms with Gasteiger partial charge in [0, 0.05) is 25.6 Å². The molecule has 0 aliphatic carbocycles. The highest BCUT2D eigenvalue weighted by Gasteiger charge is 2.40. The van der Waals surface area contributed by atoms with Crippen LogP contribution in [0.5, 0.6) is 0 Å². The molecule has 3 amide bonds. The summed E-state index contributed by atoms with van der Waals surface area (Å²) in [7, 11) is 0. The molecule has 2 fully saturated rings. The van der Waals surface area contributed by atoms with E-state index < -0.39 is 12.0 Å². The van der Waals surface area contributed by atoms with E-state index in [9.17, 15) is 14.4 Å². The number of carbonyl (C=O) groups excluding carboxylic acids is 2. The molecule has 0 bridgehead atoms. The Hall–Kier alpha value is -1.79. The van der Waals surface area contributed by atoms with E-state index in [2.05, 4.69) is 10.6 Å². The number of nitrogens with one attached hydrogen (secondary N) is 2. The van der Waals surface area contributed by atoms with Crippen LogP contribution in [0.15, 0.2) is 0 Å². The fraction of sp³-hybridized carbons (Fsp3) is 0.750. The topological polar surface area (TPSA) is 98.7 Å². The Balaban J connectivity index is 1.92. The summed E-state index contributed by atoms with van der Waals surface area (Å²) in [6.07, 6.45) is 1.69. The second-order valence-corrected chi connectivity index (χ2v) is 5.23. The minimum Gasteiger partial charge on any atom is -0.480 e. The van der Waals surface area contributed by atoms with Gasteiger partial charge in [-0.25, -0.2) is 9.59 Å². The predicted molar refractivity (Wildman–Crippen MR) is 66.5 cm³/mol. The van der Waals surface area contributed by atoms with Gasteiger partial charge in [-0.3, -0.25) is 4.79 Å². The summed E-state index contributed by atoms with van der Waals surface area (Å²) in [5.74, 6) is -1.00. The zero-order chi connectivity index (χ0) is 14.0. The van der Waals surface area contributed by atoms with Crippen LogP contribution in [0.1, 0.15) is 26.2 Å². The van der Waals surface area contributed by atoms with Crippen molar-refractivity contribution < 1.29 is 19.5 Å². The van der Waals surface area contributed by atoms with Crippen molar-refractivity contribution in [3.05, 3.63) is 0 Å². The summed E-state index contributed by atoms with van der Waals surface area (Å²) in [6, 6.07) is -1.22. The number of amides is 3. The highest BCUT2D eigenvalue weighted by molar-refractivity contribution is 5.84. The van der Waals surface area contributed by atoms with Crippen molar-refractivity contribution in [1.82, 2.24) is 15.5 Å². The minimum absolute atomic E-state index is 0.0105. The third-order valence-corrected chi connectivity index (χ3v) is 3.81. The molecular weight excluding hydrogens is 250 g/mol. The Labute approximate surface area is 111 Å². The zero-order valence-electron chi connectivity index (χ0n) is 10.9. The number of rotatable bonds is 2. The van der Waals surface area contributed by atoms with Crippen molar-refractivity contribution >= 4 is 17.9 Å². The number of hydrogen-bond acceptors (Lipinski definition) is 3. The lowest BCUT2D eigenvalue weighted by Crippen LogP contribution is -2.54. The molecule has 19 heavy (non-hydrogen) atoms. The number of carboxylic acid groups (broad SMARTS) is 1. The molecule has 3 atom stereocenters. The number of aliphatic carboxylic acids is 1. The third-order valence-electron chi connectivity index (χ3n) is 3.81. The molecule has 0 radical (unpaired) electrons. The van der Waals surface area contributed by atoms with Gasteiger partial charge in [-0.05, 0) is 18.8 Å². The van der Waals surface area contributed by atoms with Gasteiger partial charge < -0.3 is 20.6 Å².